The topological polar surface area (TPSA) is 52.7 Å². The molecule has 1 saturated heterocycles. The number of nitrogens with zero attached hydrogens (tertiary/aromatic N) is 2. The minimum Gasteiger partial charge on any atom is -0.357 e. The van der Waals surface area contributed by atoms with Crippen LogP contribution < -0.4 is 10.2 Å². The van der Waals surface area contributed by atoms with Gasteiger partial charge in [-0.05, 0) is 18.1 Å². The Hall–Kier alpha value is -2.25. The summed E-state index contributed by atoms with van der Waals surface area (Å²) in [5.74, 6) is -2.10. The maximum absolute atomic E-state index is 12.7. The van der Waals surface area contributed by atoms with E-state index in [4.69, 9.17) is 0 Å². The first-order chi connectivity index (χ1) is 10.9. The Morgan fingerprint density at radius 3 is 2.83 bits per heavy atom. The lowest BCUT2D eigenvalue weighted by molar-refractivity contribution is -0.186. The quantitative estimate of drug-likeness (QED) is 0.790. The summed E-state index contributed by atoms with van der Waals surface area (Å²) in [5.41, 5.74) is 2.50. The highest BCUT2D eigenvalue weighted by Gasteiger charge is 2.49. The lowest BCUT2D eigenvalue weighted by Crippen LogP contribution is -2.52. The number of benzene rings is 1. The molecular formula is C15H14F3N3O2. The van der Waals surface area contributed by atoms with Crippen LogP contribution in [0.25, 0.3) is 0 Å². The fraction of sp³-hybridized carbons (Fsp3) is 0.467. The zero-order valence-corrected chi connectivity index (χ0v) is 12.1. The number of carbonyl (C=O) groups is 2. The van der Waals surface area contributed by atoms with Gasteiger partial charge in [-0.1, -0.05) is 12.1 Å². The smallest absolute Gasteiger partial charge is 0.357 e. The van der Waals surface area contributed by atoms with Gasteiger partial charge in [0.1, 0.15) is 0 Å². The third-order valence-corrected chi connectivity index (χ3v) is 4.85. The molecule has 2 amide bonds. The summed E-state index contributed by atoms with van der Waals surface area (Å²) in [6.07, 6.45) is -4.42. The second kappa shape index (κ2) is 4.62. The number of piperidine rings is 1. The number of nitrogens with one attached hydrogen (secondary N) is 1. The van der Waals surface area contributed by atoms with E-state index in [1.54, 1.807) is 12.1 Å². The lowest BCUT2D eigenvalue weighted by Gasteiger charge is -2.39. The summed E-state index contributed by atoms with van der Waals surface area (Å²) in [4.78, 5) is 26.2. The van der Waals surface area contributed by atoms with Gasteiger partial charge in [-0.15, -0.1) is 0 Å². The molecule has 1 aromatic carbocycles. The highest BCUT2D eigenvalue weighted by Crippen LogP contribution is 2.49. The molecule has 0 aromatic heterocycles. The number of fused-ring (bicyclic) bond motifs is 3. The summed E-state index contributed by atoms with van der Waals surface area (Å²) in [7, 11) is 0. The molecule has 0 saturated carbocycles. The van der Waals surface area contributed by atoms with Crippen molar-refractivity contribution in [2.45, 2.75) is 24.6 Å². The highest BCUT2D eigenvalue weighted by atomic mass is 19.4. The van der Waals surface area contributed by atoms with Gasteiger partial charge in [-0.3, -0.25) is 9.59 Å². The Balaban J connectivity index is 1.69. The van der Waals surface area contributed by atoms with Gasteiger partial charge in [0.25, 0.3) is 0 Å². The van der Waals surface area contributed by atoms with Crippen molar-refractivity contribution in [2.24, 2.45) is 0 Å². The SMILES string of the molecule is O=C1CN2c3c(cccc3C3CN(C(=O)C(F)(F)F)CCC32)N1. The fourth-order valence-electron chi connectivity index (χ4n) is 3.97. The second-order valence-electron chi connectivity index (χ2n) is 6.13. The molecule has 3 aliphatic heterocycles. The zero-order valence-electron chi connectivity index (χ0n) is 12.1. The molecule has 4 rings (SSSR count). The van der Waals surface area contributed by atoms with Gasteiger partial charge in [-0.2, -0.15) is 13.2 Å². The average molecular weight is 325 g/mol. The van der Waals surface area contributed by atoms with Crippen LogP contribution in [0.3, 0.4) is 0 Å². The predicted octanol–water partition coefficient (Wildman–Crippen LogP) is 1.71. The molecule has 23 heavy (non-hydrogen) atoms. The van der Waals surface area contributed by atoms with Crippen LogP contribution in [0.1, 0.15) is 17.9 Å². The summed E-state index contributed by atoms with van der Waals surface area (Å²) in [5, 5.41) is 2.80. The first-order valence-electron chi connectivity index (χ1n) is 7.42. The Labute approximate surface area is 130 Å². The number of hydrogen-bond donors (Lipinski definition) is 1. The third-order valence-electron chi connectivity index (χ3n) is 4.85. The van der Waals surface area contributed by atoms with Crippen LogP contribution >= 0.6 is 0 Å². The monoisotopic (exact) mass is 325 g/mol. The van der Waals surface area contributed by atoms with E-state index in [-0.39, 0.29) is 37.5 Å². The largest absolute Gasteiger partial charge is 0.471 e. The molecule has 1 aromatic rings. The first kappa shape index (κ1) is 14.3. The van der Waals surface area contributed by atoms with Crippen LogP contribution in [-0.2, 0) is 9.59 Å². The average Bonchev–Trinajstić information content (AvgIpc) is 2.81. The van der Waals surface area contributed by atoms with E-state index >= 15 is 0 Å². The number of alkyl halides is 3. The number of hydrogen-bond acceptors (Lipinski definition) is 3. The fourth-order valence-corrected chi connectivity index (χ4v) is 3.97. The van der Waals surface area contributed by atoms with Crippen molar-refractivity contribution in [1.82, 2.24) is 4.90 Å². The van der Waals surface area contributed by atoms with E-state index < -0.39 is 12.1 Å². The molecule has 3 heterocycles. The Morgan fingerprint density at radius 2 is 2.09 bits per heavy atom. The summed E-state index contributed by atoms with van der Waals surface area (Å²) < 4.78 is 38.1. The number of amides is 2. The van der Waals surface area contributed by atoms with Gasteiger partial charge in [0, 0.05) is 25.0 Å². The molecular weight excluding hydrogens is 311 g/mol. The molecule has 2 atom stereocenters. The van der Waals surface area contributed by atoms with Gasteiger partial charge in [0.15, 0.2) is 0 Å². The van der Waals surface area contributed by atoms with Gasteiger partial charge >= 0.3 is 12.1 Å². The Kier molecular flexibility index (Phi) is 2.88. The highest BCUT2D eigenvalue weighted by molar-refractivity contribution is 6.03. The molecule has 2 unspecified atom stereocenters. The van der Waals surface area contributed by atoms with Crippen molar-refractivity contribution in [2.75, 3.05) is 29.9 Å². The van der Waals surface area contributed by atoms with Gasteiger partial charge in [-0.25, -0.2) is 0 Å². The van der Waals surface area contributed by atoms with Crippen LogP contribution in [0.15, 0.2) is 18.2 Å². The zero-order chi connectivity index (χ0) is 16.4. The predicted molar refractivity (Wildman–Crippen MR) is 76.2 cm³/mol. The molecule has 1 N–H and O–H groups in total. The van der Waals surface area contributed by atoms with Crippen molar-refractivity contribution >= 4 is 23.2 Å². The van der Waals surface area contributed by atoms with E-state index in [0.717, 1.165) is 16.2 Å². The lowest BCUT2D eigenvalue weighted by atomic mass is 9.89. The second-order valence-corrected chi connectivity index (χ2v) is 6.13. The Morgan fingerprint density at radius 1 is 1.30 bits per heavy atom. The minimum atomic E-state index is -4.85. The van der Waals surface area contributed by atoms with E-state index in [0.29, 0.717) is 12.1 Å². The number of likely N-dealkylation sites (tertiary alicyclic amines) is 1. The van der Waals surface area contributed by atoms with Gasteiger partial charge in [0.2, 0.25) is 5.91 Å². The summed E-state index contributed by atoms with van der Waals surface area (Å²) in [6.45, 7) is 0.295. The van der Waals surface area contributed by atoms with Crippen LogP contribution in [-0.4, -0.2) is 48.6 Å². The van der Waals surface area contributed by atoms with Crippen LogP contribution in [0.4, 0.5) is 24.5 Å². The normalized spacial score (nSPS) is 25.8. The molecule has 0 radical (unpaired) electrons. The molecule has 8 heteroatoms. The molecule has 0 spiro atoms. The maximum Gasteiger partial charge on any atom is 0.471 e. The Bertz CT molecular complexity index is 704. The van der Waals surface area contributed by atoms with Crippen molar-refractivity contribution in [1.29, 1.82) is 0 Å². The summed E-state index contributed by atoms with van der Waals surface area (Å²) in [6, 6.07) is 5.41. The van der Waals surface area contributed by atoms with E-state index in [1.165, 1.54) is 0 Å². The summed E-state index contributed by atoms with van der Waals surface area (Å²) >= 11 is 0. The van der Waals surface area contributed by atoms with Crippen LogP contribution in [0.2, 0.25) is 0 Å². The van der Waals surface area contributed by atoms with Gasteiger partial charge < -0.3 is 15.1 Å². The van der Waals surface area contributed by atoms with Crippen LogP contribution in [0.5, 0.6) is 0 Å². The molecule has 5 nitrogen and oxygen atoms in total. The number of rotatable bonds is 0. The molecule has 3 aliphatic rings. The van der Waals surface area contributed by atoms with Crippen molar-refractivity contribution in [3.8, 4) is 0 Å². The third kappa shape index (κ3) is 2.08. The number of halogens is 3. The molecule has 1 fully saturated rings. The number of anilines is 2. The standard InChI is InChI=1S/C15H14F3N3O2/c16-15(17,18)14(23)20-5-4-11-9(6-20)8-2-1-3-10-13(8)21(11)7-12(22)19-10/h1-3,9,11H,4-7H2,(H,19,22). The molecule has 0 bridgehead atoms. The minimum absolute atomic E-state index is 0.0319. The van der Waals surface area contributed by atoms with Crippen molar-refractivity contribution in [3.63, 3.8) is 0 Å². The number of carbonyl (C=O) groups excluding carboxylic acids is 2. The van der Waals surface area contributed by atoms with E-state index in [9.17, 15) is 22.8 Å². The first-order valence-corrected chi connectivity index (χ1v) is 7.42. The van der Waals surface area contributed by atoms with Crippen LogP contribution in [0, 0.1) is 0 Å². The number of para-hydroxylation sites is 1. The van der Waals surface area contributed by atoms with E-state index in [2.05, 4.69) is 5.32 Å². The molecule has 0 aliphatic carbocycles. The maximum atomic E-state index is 12.7. The van der Waals surface area contributed by atoms with Crippen molar-refractivity contribution < 1.29 is 22.8 Å². The van der Waals surface area contributed by atoms with E-state index in [1.807, 2.05) is 11.0 Å². The molecule has 122 valence electrons. The van der Waals surface area contributed by atoms with Crippen molar-refractivity contribution in [3.05, 3.63) is 23.8 Å². The van der Waals surface area contributed by atoms with Gasteiger partial charge in [0.05, 0.1) is 17.9 Å².